The minimum atomic E-state index is -0.620. The zero-order valence-corrected chi connectivity index (χ0v) is 13.4. The second-order valence-electron chi connectivity index (χ2n) is 5.55. The molecule has 0 aliphatic carbocycles. The number of nitrogens with one attached hydrogen (secondary N) is 1. The number of phenols is 1. The normalized spacial score (nSPS) is 12.0. The van der Waals surface area contributed by atoms with Gasteiger partial charge in [-0.15, -0.1) is 0 Å². The molecule has 2 N–H and O–H groups in total. The van der Waals surface area contributed by atoms with Crippen molar-refractivity contribution in [3.05, 3.63) is 60.4 Å². The zero-order chi connectivity index (χ0) is 16.9. The molecule has 5 nitrogen and oxygen atoms in total. The van der Waals surface area contributed by atoms with Crippen LogP contribution in [0, 0.1) is 0 Å². The molecule has 0 spiro atoms. The number of carbonyl (C=O) groups excluding carboxylic acids is 1. The Balaban J connectivity index is 1.48. The van der Waals surface area contributed by atoms with Crippen molar-refractivity contribution in [1.29, 1.82) is 0 Å². The van der Waals surface area contributed by atoms with Crippen LogP contribution >= 0.6 is 0 Å². The van der Waals surface area contributed by atoms with Crippen LogP contribution in [0.15, 0.2) is 59.0 Å². The van der Waals surface area contributed by atoms with E-state index in [2.05, 4.69) is 5.32 Å². The first-order valence-corrected chi connectivity index (χ1v) is 7.83. The molecule has 1 unspecified atom stereocenters. The van der Waals surface area contributed by atoms with E-state index in [1.54, 1.807) is 19.1 Å². The second-order valence-corrected chi connectivity index (χ2v) is 5.55. The van der Waals surface area contributed by atoms with Gasteiger partial charge in [-0.1, -0.05) is 18.2 Å². The van der Waals surface area contributed by atoms with E-state index >= 15 is 0 Å². The lowest BCUT2D eigenvalue weighted by molar-refractivity contribution is -0.127. The molecule has 1 aromatic heterocycles. The molecule has 3 aromatic rings. The van der Waals surface area contributed by atoms with Gasteiger partial charge in [0.15, 0.2) is 6.10 Å². The van der Waals surface area contributed by atoms with Gasteiger partial charge in [0.25, 0.3) is 5.91 Å². The molecule has 0 saturated carbocycles. The van der Waals surface area contributed by atoms with E-state index < -0.39 is 6.10 Å². The maximum atomic E-state index is 12.1. The van der Waals surface area contributed by atoms with Gasteiger partial charge < -0.3 is 19.6 Å². The van der Waals surface area contributed by atoms with Crippen LogP contribution in [0.3, 0.4) is 0 Å². The molecular weight excluding hydrogens is 306 g/mol. The predicted octanol–water partition coefficient (Wildman–Crippen LogP) is 3.26. The number of aromatic hydroxyl groups is 1. The number of ether oxygens (including phenoxy) is 1. The number of benzene rings is 2. The Morgan fingerprint density at radius 2 is 1.96 bits per heavy atom. The molecule has 0 radical (unpaired) electrons. The Morgan fingerprint density at radius 1 is 1.21 bits per heavy atom. The number of fused-ring (bicyclic) bond motifs is 1. The summed E-state index contributed by atoms with van der Waals surface area (Å²) in [6, 6.07) is 16.1. The van der Waals surface area contributed by atoms with Crippen molar-refractivity contribution >= 4 is 16.9 Å². The van der Waals surface area contributed by atoms with Gasteiger partial charge in [0.2, 0.25) is 0 Å². The number of hydrogen-bond acceptors (Lipinski definition) is 4. The maximum Gasteiger partial charge on any atom is 0.260 e. The van der Waals surface area contributed by atoms with Crippen LogP contribution in [0.25, 0.3) is 11.0 Å². The summed E-state index contributed by atoms with van der Waals surface area (Å²) in [4.78, 5) is 12.1. The average Bonchev–Trinajstić information content (AvgIpc) is 2.99. The quantitative estimate of drug-likeness (QED) is 0.730. The highest BCUT2D eigenvalue weighted by molar-refractivity contribution is 5.80. The fraction of sp³-hybridized carbons (Fsp3) is 0.211. The van der Waals surface area contributed by atoms with Gasteiger partial charge in [0, 0.05) is 18.4 Å². The predicted molar refractivity (Wildman–Crippen MR) is 91.1 cm³/mol. The van der Waals surface area contributed by atoms with Gasteiger partial charge in [-0.25, -0.2) is 0 Å². The average molecular weight is 325 g/mol. The van der Waals surface area contributed by atoms with Gasteiger partial charge in [-0.2, -0.15) is 0 Å². The van der Waals surface area contributed by atoms with Crippen LogP contribution in [0.2, 0.25) is 0 Å². The molecule has 1 heterocycles. The van der Waals surface area contributed by atoms with Crippen LogP contribution in [-0.4, -0.2) is 23.7 Å². The highest BCUT2D eigenvalue weighted by Crippen LogP contribution is 2.19. The molecular formula is C19H19NO4. The fourth-order valence-electron chi connectivity index (χ4n) is 2.40. The Bertz CT molecular complexity index is 790. The molecule has 0 bridgehead atoms. The minimum absolute atomic E-state index is 0.158. The lowest BCUT2D eigenvalue weighted by atomic mass is 10.2. The van der Waals surface area contributed by atoms with E-state index in [9.17, 15) is 9.90 Å². The largest absolute Gasteiger partial charge is 0.508 e. The van der Waals surface area contributed by atoms with E-state index in [1.165, 1.54) is 12.1 Å². The Hall–Kier alpha value is -2.95. The number of hydrogen-bond donors (Lipinski definition) is 2. The number of phenolic OH excluding ortho intramolecular Hbond substituents is 1. The van der Waals surface area contributed by atoms with Crippen LogP contribution in [0.1, 0.15) is 12.7 Å². The van der Waals surface area contributed by atoms with Gasteiger partial charge in [0.05, 0.1) is 0 Å². The van der Waals surface area contributed by atoms with Gasteiger partial charge >= 0.3 is 0 Å². The van der Waals surface area contributed by atoms with Gasteiger partial charge in [-0.3, -0.25) is 4.79 Å². The molecule has 3 rings (SSSR count). The molecule has 1 amide bonds. The Labute approximate surface area is 139 Å². The summed E-state index contributed by atoms with van der Waals surface area (Å²) in [6.45, 7) is 2.16. The van der Waals surface area contributed by atoms with E-state index in [1.807, 2.05) is 30.3 Å². The Kier molecular flexibility index (Phi) is 4.70. The smallest absolute Gasteiger partial charge is 0.260 e. The zero-order valence-electron chi connectivity index (χ0n) is 13.4. The van der Waals surface area contributed by atoms with Crippen LogP contribution in [0.4, 0.5) is 0 Å². The summed E-state index contributed by atoms with van der Waals surface area (Å²) < 4.78 is 11.2. The molecule has 2 aromatic carbocycles. The topological polar surface area (TPSA) is 71.7 Å². The summed E-state index contributed by atoms with van der Waals surface area (Å²) in [7, 11) is 0. The van der Waals surface area contributed by atoms with E-state index in [0.717, 1.165) is 16.7 Å². The van der Waals surface area contributed by atoms with Crippen molar-refractivity contribution in [2.45, 2.75) is 19.4 Å². The Morgan fingerprint density at radius 3 is 2.71 bits per heavy atom. The minimum Gasteiger partial charge on any atom is -0.508 e. The lowest BCUT2D eigenvalue weighted by Crippen LogP contribution is -2.37. The maximum absolute atomic E-state index is 12.1. The number of amides is 1. The summed E-state index contributed by atoms with van der Waals surface area (Å²) >= 11 is 0. The second kappa shape index (κ2) is 7.08. The SMILES string of the molecule is CC(Oc1ccc(O)cc1)C(=O)NCCc1cc2ccccc2o1. The molecule has 5 heteroatoms. The molecule has 0 aliphatic heterocycles. The first kappa shape index (κ1) is 15.9. The fourth-order valence-corrected chi connectivity index (χ4v) is 2.40. The van der Waals surface area contributed by atoms with E-state index in [0.29, 0.717) is 18.7 Å². The van der Waals surface area contributed by atoms with E-state index in [-0.39, 0.29) is 11.7 Å². The lowest BCUT2D eigenvalue weighted by Gasteiger charge is -2.14. The molecule has 24 heavy (non-hydrogen) atoms. The highest BCUT2D eigenvalue weighted by atomic mass is 16.5. The molecule has 1 atom stereocenters. The third-order valence-corrected chi connectivity index (χ3v) is 3.67. The van der Waals surface area contributed by atoms with Crippen LogP contribution in [0.5, 0.6) is 11.5 Å². The van der Waals surface area contributed by atoms with Crippen molar-refractivity contribution in [1.82, 2.24) is 5.32 Å². The van der Waals surface area contributed by atoms with Gasteiger partial charge in [0.1, 0.15) is 22.8 Å². The van der Waals surface area contributed by atoms with Crippen molar-refractivity contribution in [2.24, 2.45) is 0 Å². The summed E-state index contributed by atoms with van der Waals surface area (Å²) in [5, 5.41) is 13.1. The molecule has 0 saturated heterocycles. The first-order valence-electron chi connectivity index (χ1n) is 7.83. The number of carbonyl (C=O) groups is 1. The summed E-state index contributed by atoms with van der Waals surface area (Å²) in [6.07, 6.45) is -0.00276. The molecule has 0 aliphatic rings. The van der Waals surface area contributed by atoms with Crippen LogP contribution in [-0.2, 0) is 11.2 Å². The summed E-state index contributed by atoms with van der Waals surface area (Å²) in [5.74, 6) is 1.33. The third kappa shape index (κ3) is 3.87. The molecule has 0 fully saturated rings. The molecule has 124 valence electrons. The third-order valence-electron chi connectivity index (χ3n) is 3.67. The number of para-hydroxylation sites is 1. The van der Waals surface area contributed by atoms with Crippen molar-refractivity contribution in [2.75, 3.05) is 6.54 Å². The van der Waals surface area contributed by atoms with Gasteiger partial charge in [-0.05, 0) is 43.3 Å². The standard InChI is InChI=1S/C19H19NO4/c1-13(23-16-8-6-15(21)7-9-16)19(22)20-11-10-17-12-14-4-2-3-5-18(14)24-17/h2-9,12-13,21H,10-11H2,1H3,(H,20,22). The highest BCUT2D eigenvalue weighted by Gasteiger charge is 2.14. The van der Waals surface area contributed by atoms with E-state index in [4.69, 9.17) is 9.15 Å². The first-order chi connectivity index (χ1) is 11.6. The van der Waals surface area contributed by atoms with Crippen LogP contribution < -0.4 is 10.1 Å². The number of furan rings is 1. The summed E-state index contributed by atoms with van der Waals surface area (Å²) in [5.41, 5.74) is 0.850. The van der Waals surface area contributed by atoms with Crippen molar-refractivity contribution in [3.63, 3.8) is 0 Å². The number of rotatable bonds is 6. The van der Waals surface area contributed by atoms with Crippen molar-refractivity contribution < 1.29 is 19.1 Å². The van der Waals surface area contributed by atoms with Crippen molar-refractivity contribution in [3.8, 4) is 11.5 Å². The monoisotopic (exact) mass is 325 g/mol.